The fourth-order valence-corrected chi connectivity index (χ4v) is 4.72. The summed E-state index contributed by atoms with van der Waals surface area (Å²) in [6, 6.07) is 26.8. The quantitative estimate of drug-likeness (QED) is 0.507. The van der Waals surface area contributed by atoms with Crippen molar-refractivity contribution in [3.05, 3.63) is 101 Å². The van der Waals surface area contributed by atoms with E-state index < -0.39 is 5.25 Å². The number of carbonyl (C=O) groups is 2. The van der Waals surface area contributed by atoms with Crippen molar-refractivity contribution in [2.75, 3.05) is 6.54 Å². The number of amides is 2. The zero-order valence-corrected chi connectivity index (χ0v) is 19.6. The summed E-state index contributed by atoms with van der Waals surface area (Å²) in [7, 11) is 0. The van der Waals surface area contributed by atoms with E-state index in [2.05, 4.69) is 5.32 Å². The van der Waals surface area contributed by atoms with E-state index in [4.69, 9.17) is 16.6 Å². The average Bonchev–Trinajstić information content (AvgIpc) is 2.83. The van der Waals surface area contributed by atoms with Gasteiger partial charge in [0, 0.05) is 18.0 Å². The third-order valence-electron chi connectivity index (χ3n) is 5.22. The molecule has 1 fully saturated rings. The molecule has 1 heterocycles. The van der Waals surface area contributed by atoms with Gasteiger partial charge in [0.2, 0.25) is 11.8 Å². The van der Waals surface area contributed by atoms with Gasteiger partial charge in [0.15, 0.2) is 5.17 Å². The Labute approximate surface area is 202 Å². The van der Waals surface area contributed by atoms with E-state index in [0.29, 0.717) is 23.3 Å². The van der Waals surface area contributed by atoms with Crippen molar-refractivity contribution >= 4 is 46.0 Å². The lowest BCUT2D eigenvalue weighted by molar-refractivity contribution is -0.130. The topological polar surface area (TPSA) is 61.8 Å². The van der Waals surface area contributed by atoms with Gasteiger partial charge < -0.3 is 5.32 Å². The number of rotatable bonds is 7. The number of halogens is 1. The van der Waals surface area contributed by atoms with E-state index in [0.717, 1.165) is 23.2 Å². The Morgan fingerprint density at radius 3 is 2.33 bits per heavy atom. The van der Waals surface area contributed by atoms with Gasteiger partial charge in [0.1, 0.15) is 0 Å². The monoisotopic (exact) mass is 477 g/mol. The molecular weight excluding hydrogens is 454 g/mol. The van der Waals surface area contributed by atoms with Crippen molar-refractivity contribution in [3.63, 3.8) is 0 Å². The summed E-state index contributed by atoms with van der Waals surface area (Å²) in [6.45, 7) is 0.894. The summed E-state index contributed by atoms with van der Waals surface area (Å²) in [4.78, 5) is 32.3. The maximum atomic E-state index is 13.1. The molecule has 1 atom stereocenters. The lowest BCUT2D eigenvalue weighted by Gasteiger charge is -2.32. The second-order valence-corrected chi connectivity index (χ2v) is 9.28. The predicted octanol–water partition coefficient (Wildman–Crippen LogP) is 5.22. The molecule has 1 aliphatic rings. The Morgan fingerprint density at radius 1 is 0.970 bits per heavy atom. The van der Waals surface area contributed by atoms with E-state index in [1.807, 2.05) is 72.8 Å². The molecule has 0 spiro atoms. The van der Waals surface area contributed by atoms with E-state index in [9.17, 15) is 9.59 Å². The molecule has 0 saturated carbocycles. The van der Waals surface area contributed by atoms with E-state index in [1.54, 1.807) is 17.0 Å². The second-order valence-electron chi connectivity index (χ2n) is 7.67. The highest BCUT2D eigenvalue weighted by molar-refractivity contribution is 8.15. The molecule has 0 aliphatic carbocycles. The SMILES string of the molecule is O=C(NCCc1ccccc1)[C@H]1CC(=O)N(Cc2ccc(Cl)cc2)C(=Nc2ccccc2)S1. The minimum atomic E-state index is -0.516. The van der Waals surface area contributed by atoms with Crippen LogP contribution in [0.4, 0.5) is 5.69 Å². The number of benzene rings is 3. The molecule has 2 amide bonds. The fourth-order valence-electron chi connectivity index (χ4n) is 3.47. The third kappa shape index (κ3) is 6.46. The fraction of sp³-hybridized carbons (Fsp3) is 0.192. The van der Waals surface area contributed by atoms with Gasteiger partial charge in [0.25, 0.3) is 0 Å². The molecule has 1 saturated heterocycles. The van der Waals surface area contributed by atoms with Gasteiger partial charge in [-0.15, -0.1) is 0 Å². The van der Waals surface area contributed by atoms with Crippen LogP contribution in [-0.2, 0) is 22.6 Å². The Morgan fingerprint density at radius 2 is 1.64 bits per heavy atom. The van der Waals surface area contributed by atoms with Gasteiger partial charge in [-0.1, -0.05) is 84.0 Å². The molecule has 4 rings (SSSR count). The van der Waals surface area contributed by atoms with Crippen LogP contribution in [0.3, 0.4) is 0 Å². The molecule has 7 heteroatoms. The zero-order chi connectivity index (χ0) is 23.0. The van der Waals surface area contributed by atoms with Crippen LogP contribution in [0.2, 0.25) is 5.02 Å². The van der Waals surface area contributed by atoms with E-state index in [1.165, 1.54) is 11.8 Å². The summed E-state index contributed by atoms with van der Waals surface area (Å²) in [5, 5.41) is 3.63. The Kier molecular flexibility index (Phi) is 7.81. The Balaban J connectivity index is 1.48. The number of hydrogen-bond donors (Lipinski definition) is 1. The van der Waals surface area contributed by atoms with Crippen LogP contribution in [0.1, 0.15) is 17.5 Å². The second kappa shape index (κ2) is 11.2. The minimum absolute atomic E-state index is 0.124. The van der Waals surface area contributed by atoms with Crippen LogP contribution < -0.4 is 5.32 Å². The standard InChI is InChI=1S/C26H24ClN3O2S/c27-21-13-11-20(12-14-21)18-30-24(31)17-23(33-26(30)29-22-9-5-2-6-10-22)25(32)28-16-15-19-7-3-1-4-8-19/h1-14,23H,15-18H2,(H,28,32)/t23-/m1/s1. The smallest absolute Gasteiger partial charge is 0.234 e. The summed E-state index contributed by atoms with van der Waals surface area (Å²) >= 11 is 7.33. The van der Waals surface area contributed by atoms with Crippen LogP contribution in [0.5, 0.6) is 0 Å². The molecule has 33 heavy (non-hydrogen) atoms. The summed E-state index contributed by atoms with van der Waals surface area (Å²) in [5.41, 5.74) is 2.84. The molecule has 0 bridgehead atoms. The van der Waals surface area contributed by atoms with Gasteiger partial charge in [-0.25, -0.2) is 4.99 Å². The van der Waals surface area contributed by atoms with Gasteiger partial charge in [-0.2, -0.15) is 0 Å². The first-order chi connectivity index (χ1) is 16.1. The molecule has 5 nitrogen and oxygen atoms in total. The predicted molar refractivity (Wildman–Crippen MR) is 135 cm³/mol. The first kappa shape index (κ1) is 23.1. The Hall–Kier alpha value is -3.09. The lowest BCUT2D eigenvalue weighted by Crippen LogP contribution is -2.46. The molecule has 1 N–H and O–H groups in total. The van der Waals surface area contributed by atoms with Crippen molar-refractivity contribution in [1.29, 1.82) is 0 Å². The number of para-hydroxylation sites is 1. The number of aliphatic imine (C=N–C) groups is 1. The summed E-state index contributed by atoms with van der Waals surface area (Å²) < 4.78 is 0. The molecule has 168 valence electrons. The largest absolute Gasteiger partial charge is 0.355 e. The van der Waals surface area contributed by atoms with Crippen molar-refractivity contribution in [2.24, 2.45) is 4.99 Å². The highest BCUT2D eigenvalue weighted by Gasteiger charge is 2.35. The molecule has 0 aromatic heterocycles. The highest BCUT2D eigenvalue weighted by atomic mass is 35.5. The van der Waals surface area contributed by atoms with Gasteiger partial charge in [0.05, 0.1) is 17.5 Å². The highest BCUT2D eigenvalue weighted by Crippen LogP contribution is 2.30. The van der Waals surface area contributed by atoms with Crippen LogP contribution >= 0.6 is 23.4 Å². The van der Waals surface area contributed by atoms with Crippen LogP contribution in [0.25, 0.3) is 0 Å². The number of nitrogens with one attached hydrogen (secondary N) is 1. The minimum Gasteiger partial charge on any atom is -0.355 e. The molecular formula is C26H24ClN3O2S. The van der Waals surface area contributed by atoms with Gasteiger partial charge >= 0.3 is 0 Å². The van der Waals surface area contributed by atoms with Gasteiger partial charge in [-0.05, 0) is 41.8 Å². The zero-order valence-electron chi connectivity index (χ0n) is 18.0. The molecule has 0 unspecified atom stereocenters. The number of carbonyl (C=O) groups excluding carboxylic acids is 2. The van der Waals surface area contributed by atoms with Crippen LogP contribution in [0, 0.1) is 0 Å². The van der Waals surface area contributed by atoms with Crippen molar-refractivity contribution in [1.82, 2.24) is 10.2 Å². The number of hydrogen-bond acceptors (Lipinski definition) is 4. The molecule has 1 aliphatic heterocycles. The molecule has 3 aromatic carbocycles. The number of amidine groups is 1. The number of thioether (sulfide) groups is 1. The third-order valence-corrected chi connectivity index (χ3v) is 6.66. The normalized spacial score (nSPS) is 17.2. The number of nitrogens with zero attached hydrogens (tertiary/aromatic N) is 2. The van der Waals surface area contributed by atoms with Gasteiger partial charge in [-0.3, -0.25) is 14.5 Å². The van der Waals surface area contributed by atoms with E-state index in [-0.39, 0.29) is 18.2 Å². The van der Waals surface area contributed by atoms with Crippen molar-refractivity contribution in [2.45, 2.75) is 24.6 Å². The summed E-state index contributed by atoms with van der Waals surface area (Å²) in [5.74, 6) is -0.266. The lowest BCUT2D eigenvalue weighted by atomic mass is 10.1. The molecule has 3 aromatic rings. The maximum Gasteiger partial charge on any atom is 0.234 e. The Bertz CT molecular complexity index is 1120. The van der Waals surface area contributed by atoms with Crippen molar-refractivity contribution < 1.29 is 9.59 Å². The maximum absolute atomic E-state index is 13.1. The van der Waals surface area contributed by atoms with Crippen LogP contribution in [0.15, 0.2) is 89.9 Å². The summed E-state index contributed by atoms with van der Waals surface area (Å²) in [6.07, 6.45) is 0.870. The van der Waals surface area contributed by atoms with E-state index >= 15 is 0 Å². The first-order valence-electron chi connectivity index (χ1n) is 10.8. The van der Waals surface area contributed by atoms with Crippen LogP contribution in [-0.4, -0.2) is 33.7 Å². The molecule has 0 radical (unpaired) electrons. The first-order valence-corrected chi connectivity index (χ1v) is 12.0. The average molecular weight is 478 g/mol. The van der Waals surface area contributed by atoms with Crippen molar-refractivity contribution in [3.8, 4) is 0 Å².